The van der Waals surface area contributed by atoms with E-state index in [1.165, 1.54) is 5.56 Å². The maximum atomic E-state index is 9.90. The lowest BCUT2D eigenvalue weighted by molar-refractivity contribution is 0.154. The highest BCUT2D eigenvalue weighted by atomic mass is 79.9. The van der Waals surface area contributed by atoms with Crippen molar-refractivity contribution in [2.75, 3.05) is 6.61 Å². The Hall–Kier alpha value is -1.16. The number of nitrogens with one attached hydrogen (secondary N) is 1. The van der Waals surface area contributed by atoms with Gasteiger partial charge in [-0.2, -0.15) is 0 Å². The van der Waals surface area contributed by atoms with E-state index < -0.39 is 5.54 Å². The predicted octanol–water partition coefficient (Wildman–Crippen LogP) is 3.84. The van der Waals surface area contributed by atoms with Crippen LogP contribution in [0.3, 0.4) is 0 Å². The van der Waals surface area contributed by atoms with Crippen LogP contribution in [0.15, 0.2) is 59.1 Å². The molecule has 2 aromatic rings. The van der Waals surface area contributed by atoms with E-state index in [1.54, 1.807) is 0 Å². The van der Waals surface area contributed by atoms with Gasteiger partial charge in [-0.05, 0) is 29.7 Å². The monoisotopic (exact) mass is 333 g/mol. The topological polar surface area (TPSA) is 32.3 Å². The average Bonchev–Trinajstić information content (AvgIpc) is 2.51. The minimum absolute atomic E-state index is 0.0813. The zero-order chi connectivity index (χ0) is 14.4. The molecular weight excluding hydrogens is 314 g/mol. The molecule has 0 radical (unpaired) electrons. The molecule has 0 amide bonds. The van der Waals surface area contributed by atoms with Crippen LogP contribution in [0.25, 0.3) is 0 Å². The van der Waals surface area contributed by atoms with Gasteiger partial charge in [0.1, 0.15) is 0 Å². The number of hydrogen-bond donors (Lipinski definition) is 2. The van der Waals surface area contributed by atoms with E-state index in [1.807, 2.05) is 30.3 Å². The van der Waals surface area contributed by atoms with Crippen LogP contribution in [-0.2, 0) is 12.1 Å². The second-order valence-electron chi connectivity index (χ2n) is 4.94. The molecule has 0 fully saturated rings. The normalized spacial score (nSPS) is 13.9. The van der Waals surface area contributed by atoms with Crippen LogP contribution in [0.2, 0.25) is 0 Å². The zero-order valence-corrected chi connectivity index (χ0v) is 13.2. The summed E-state index contributed by atoms with van der Waals surface area (Å²) in [6, 6.07) is 18.4. The Bertz CT molecular complexity index is 520. The van der Waals surface area contributed by atoms with Crippen LogP contribution < -0.4 is 5.32 Å². The SMILES string of the molecule is CCC(CO)(NCc1ccccc1)c1ccc(Br)cc1. The lowest BCUT2D eigenvalue weighted by Crippen LogP contribution is -2.44. The summed E-state index contributed by atoms with van der Waals surface area (Å²) in [5.41, 5.74) is 1.94. The molecule has 0 saturated heterocycles. The van der Waals surface area contributed by atoms with Gasteiger partial charge in [0, 0.05) is 11.0 Å². The molecule has 2 rings (SSSR count). The Kier molecular flexibility index (Phi) is 5.35. The fourth-order valence-corrected chi connectivity index (χ4v) is 2.59. The molecule has 20 heavy (non-hydrogen) atoms. The van der Waals surface area contributed by atoms with Crippen molar-refractivity contribution in [3.05, 3.63) is 70.2 Å². The number of hydrogen-bond acceptors (Lipinski definition) is 2. The molecule has 2 N–H and O–H groups in total. The average molecular weight is 334 g/mol. The molecule has 2 nitrogen and oxygen atoms in total. The molecule has 0 aliphatic carbocycles. The molecule has 0 aliphatic rings. The number of rotatable bonds is 6. The van der Waals surface area contributed by atoms with Gasteiger partial charge in [-0.25, -0.2) is 0 Å². The Morgan fingerprint density at radius 3 is 2.25 bits per heavy atom. The second kappa shape index (κ2) is 7.02. The van der Waals surface area contributed by atoms with E-state index in [0.717, 1.165) is 23.0 Å². The Morgan fingerprint density at radius 1 is 1.05 bits per heavy atom. The van der Waals surface area contributed by atoms with Gasteiger partial charge in [-0.1, -0.05) is 65.3 Å². The molecular formula is C17H20BrNO. The molecule has 0 heterocycles. The molecule has 0 bridgehead atoms. The van der Waals surface area contributed by atoms with Crippen molar-refractivity contribution in [1.82, 2.24) is 5.32 Å². The minimum Gasteiger partial charge on any atom is -0.394 e. The van der Waals surface area contributed by atoms with Crippen molar-refractivity contribution in [2.24, 2.45) is 0 Å². The van der Waals surface area contributed by atoms with Gasteiger partial charge < -0.3 is 10.4 Å². The van der Waals surface area contributed by atoms with E-state index in [2.05, 4.69) is 52.4 Å². The minimum atomic E-state index is -0.392. The molecule has 3 heteroatoms. The molecule has 1 atom stereocenters. The predicted molar refractivity (Wildman–Crippen MR) is 86.5 cm³/mol. The third-order valence-electron chi connectivity index (χ3n) is 3.74. The Morgan fingerprint density at radius 2 is 1.70 bits per heavy atom. The van der Waals surface area contributed by atoms with Crippen LogP contribution in [0.1, 0.15) is 24.5 Å². The molecule has 1 unspecified atom stereocenters. The van der Waals surface area contributed by atoms with Crippen LogP contribution in [0.4, 0.5) is 0 Å². The fourth-order valence-electron chi connectivity index (χ4n) is 2.33. The van der Waals surface area contributed by atoms with Gasteiger partial charge in [0.15, 0.2) is 0 Å². The molecule has 0 spiro atoms. The summed E-state index contributed by atoms with van der Waals surface area (Å²) >= 11 is 3.45. The lowest BCUT2D eigenvalue weighted by Gasteiger charge is -2.33. The number of aliphatic hydroxyl groups excluding tert-OH is 1. The molecule has 0 saturated carbocycles. The maximum absolute atomic E-state index is 9.90. The van der Waals surface area contributed by atoms with E-state index in [0.29, 0.717) is 0 Å². The second-order valence-corrected chi connectivity index (χ2v) is 5.86. The van der Waals surface area contributed by atoms with E-state index >= 15 is 0 Å². The quantitative estimate of drug-likeness (QED) is 0.841. The van der Waals surface area contributed by atoms with Crippen molar-refractivity contribution >= 4 is 15.9 Å². The fraction of sp³-hybridized carbons (Fsp3) is 0.294. The smallest absolute Gasteiger partial charge is 0.0669 e. The molecule has 2 aromatic carbocycles. The van der Waals surface area contributed by atoms with Crippen LogP contribution in [0.5, 0.6) is 0 Å². The highest BCUT2D eigenvalue weighted by Crippen LogP contribution is 2.26. The summed E-state index contributed by atoms with van der Waals surface area (Å²) in [7, 11) is 0. The first-order chi connectivity index (χ1) is 9.70. The Balaban J connectivity index is 2.19. The van der Waals surface area contributed by atoms with Crippen LogP contribution in [-0.4, -0.2) is 11.7 Å². The van der Waals surface area contributed by atoms with Crippen molar-refractivity contribution in [1.29, 1.82) is 0 Å². The standard InChI is InChI=1S/C17H20BrNO/c1-2-17(13-20,15-8-10-16(18)11-9-15)19-12-14-6-4-3-5-7-14/h3-11,19-20H,2,12-13H2,1H3. The van der Waals surface area contributed by atoms with Gasteiger partial charge in [0.25, 0.3) is 0 Å². The summed E-state index contributed by atoms with van der Waals surface area (Å²) in [4.78, 5) is 0. The van der Waals surface area contributed by atoms with E-state index in [4.69, 9.17) is 0 Å². The first-order valence-corrected chi connectivity index (χ1v) is 7.65. The number of halogens is 1. The highest BCUT2D eigenvalue weighted by Gasteiger charge is 2.28. The Labute approximate surface area is 129 Å². The summed E-state index contributed by atoms with van der Waals surface area (Å²) in [6.45, 7) is 2.92. The summed E-state index contributed by atoms with van der Waals surface area (Å²) in [6.07, 6.45) is 0.831. The summed E-state index contributed by atoms with van der Waals surface area (Å²) in [5.74, 6) is 0. The van der Waals surface area contributed by atoms with Gasteiger partial charge >= 0.3 is 0 Å². The first kappa shape index (κ1) is 15.2. The first-order valence-electron chi connectivity index (χ1n) is 6.86. The highest BCUT2D eigenvalue weighted by molar-refractivity contribution is 9.10. The van der Waals surface area contributed by atoms with Gasteiger partial charge in [0.05, 0.1) is 12.1 Å². The summed E-state index contributed by atoms with van der Waals surface area (Å²) < 4.78 is 1.05. The van der Waals surface area contributed by atoms with Gasteiger partial charge in [-0.15, -0.1) is 0 Å². The van der Waals surface area contributed by atoms with Crippen LogP contribution in [0, 0.1) is 0 Å². The van der Waals surface area contributed by atoms with Crippen molar-refractivity contribution in [3.63, 3.8) is 0 Å². The number of benzene rings is 2. The lowest BCUT2D eigenvalue weighted by atomic mass is 9.87. The maximum Gasteiger partial charge on any atom is 0.0669 e. The number of aliphatic hydroxyl groups is 1. The van der Waals surface area contributed by atoms with Crippen molar-refractivity contribution in [2.45, 2.75) is 25.4 Å². The van der Waals surface area contributed by atoms with Crippen LogP contribution >= 0.6 is 15.9 Å². The molecule has 0 aliphatic heterocycles. The van der Waals surface area contributed by atoms with Crippen molar-refractivity contribution in [3.8, 4) is 0 Å². The third kappa shape index (κ3) is 3.48. The van der Waals surface area contributed by atoms with Gasteiger partial charge in [-0.3, -0.25) is 0 Å². The largest absolute Gasteiger partial charge is 0.394 e. The molecule has 106 valence electrons. The third-order valence-corrected chi connectivity index (χ3v) is 4.27. The van der Waals surface area contributed by atoms with E-state index in [9.17, 15) is 5.11 Å². The molecule has 0 aromatic heterocycles. The van der Waals surface area contributed by atoms with Gasteiger partial charge in [0.2, 0.25) is 0 Å². The summed E-state index contributed by atoms with van der Waals surface area (Å²) in [5, 5.41) is 13.4. The van der Waals surface area contributed by atoms with E-state index in [-0.39, 0.29) is 6.61 Å². The van der Waals surface area contributed by atoms with Crippen molar-refractivity contribution < 1.29 is 5.11 Å². The zero-order valence-electron chi connectivity index (χ0n) is 11.6.